The van der Waals surface area contributed by atoms with E-state index in [1.165, 1.54) is 0 Å². The Morgan fingerprint density at radius 1 is 1.32 bits per heavy atom. The van der Waals surface area contributed by atoms with Crippen molar-refractivity contribution in [1.29, 1.82) is 5.26 Å². The number of ether oxygens (including phenoxy) is 1. The van der Waals surface area contributed by atoms with Crippen LogP contribution in [0.1, 0.15) is 5.56 Å². The molecule has 116 valence electrons. The monoisotopic (exact) mass is 378 g/mol. The number of pyridine rings is 1. The van der Waals surface area contributed by atoms with Crippen LogP contribution in [-0.2, 0) is 11.5 Å². The number of rotatable bonds is 6. The molecule has 0 fully saturated rings. The minimum absolute atomic E-state index is 0.338. The molecule has 0 amide bonds. The third-order valence-electron chi connectivity index (χ3n) is 3.17. The largest absolute Gasteiger partial charge is 0.359 e. The van der Waals surface area contributed by atoms with Gasteiger partial charge in [-0.2, -0.15) is 10.4 Å². The number of aromatic nitrogens is 3. The van der Waals surface area contributed by atoms with Gasteiger partial charge in [-0.1, -0.05) is 19.6 Å². The number of hydrogen-bond acceptors (Lipinski definition) is 4. The molecule has 2 aromatic rings. The molecule has 0 aliphatic rings. The predicted molar refractivity (Wildman–Crippen MR) is 92.0 cm³/mol. The molecule has 0 spiro atoms. The Morgan fingerprint density at radius 2 is 2.00 bits per heavy atom. The molecule has 2 rings (SSSR count). The molecule has 0 atom stereocenters. The zero-order chi connectivity index (χ0) is 16.2. The van der Waals surface area contributed by atoms with Gasteiger partial charge < -0.3 is 4.74 Å². The summed E-state index contributed by atoms with van der Waals surface area (Å²) < 4.78 is 8.04. The molecular weight excluding hydrogens is 360 g/mol. The van der Waals surface area contributed by atoms with Crippen molar-refractivity contribution in [3.8, 4) is 17.3 Å². The van der Waals surface area contributed by atoms with Gasteiger partial charge in [-0.05, 0) is 34.1 Å². The normalized spacial score (nSPS) is 11.4. The van der Waals surface area contributed by atoms with E-state index in [0.717, 1.165) is 11.6 Å². The first-order valence-electron chi connectivity index (χ1n) is 7.07. The number of nitrogens with zero attached hydrogens (tertiary/aromatic N) is 4. The zero-order valence-corrected chi connectivity index (χ0v) is 15.6. The van der Waals surface area contributed by atoms with Gasteiger partial charge >= 0.3 is 0 Å². The van der Waals surface area contributed by atoms with Crippen molar-refractivity contribution >= 4 is 24.0 Å². The maximum Gasteiger partial charge on any atom is 0.140 e. The van der Waals surface area contributed by atoms with Gasteiger partial charge in [0.1, 0.15) is 28.7 Å². The lowest BCUT2D eigenvalue weighted by atomic mass is 10.1. The fourth-order valence-corrected chi connectivity index (χ4v) is 3.08. The topological polar surface area (TPSA) is 63.7 Å². The molecule has 5 nitrogen and oxygen atoms in total. The Morgan fingerprint density at radius 3 is 2.59 bits per heavy atom. The number of halogens is 1. The summed E-state index contributed by atoms with van der Waals surface area (Å²) in [7, 11) is -1.10. The van der Waals surface area contributed by atoms with Crippen LogP contribution < -0.4 is 0 Å². The maximum absolute atomic E-state index is 9.37. The molecule has 0 unspecified atom stereocenters. The molecule has 0 aliphatic carbocycles. The molecule has 0 aliphatic heterocycles. The highest BCUT2D eigenvalue weighted by atomic mass is 79.9. The molecule has 22 heavy (non-hydrogen) atoms. The quantitative estimate of drug-likeness (QED) is 0.564. The smallest absolute Gasteiger partial charge is 0.140 e. The first-order chi connectivity index (χ1) is 10.4. The number of hydrogen-bond donors (Lipinski definition) is 0. The van der Waals surface area contributed by atoms with Crippen LogP contribution in [-0.4, -0.2) is 29.4 Å². The van der Waals surface area contributed by atoms with Crippen molar-refractivity contribution in [1.82, 2.24) is 14.8 Å². The highest BCUT2D eigenvalue weighted by molar-refractivity contribution is 9.10. The Kier molecular flexibility index (Phi) is 5.50. The van der Waals surface area contributed by atoms with Gasteiger partial charge in [0.2, 0.25) is 0 Å². The fraction of sp³-hybridized carbons (Fsp3) is 0.400. The minimum atomic E-state index is -1.10. The van der Waals surface area contributed by atoms with Gasteiger partial charge in [0.25, 0.3) is 0 Å². The summed E-state index contributed by atoms with van der Waals surface area (Å²) in [6.07, 6.45) is 3.38. The van der Waals surface area contributed by atoms with Gasteiger partial charge in [-0.25, -0.2) is 4.68 Å². The van der Waals surface area contributed by atoms with Crippen LogP contribution in [0.5, 0.6) is 0 Å². The summed E-state index contributed by atoms with van der Waals surface area (Å²) in [5.41, 5.74) is 2.03. The summed E-state index contributed by atoms with van der Waals surface area (Å²) in [5.74, 6) is 0. The maximum atomic E-state index is 9.37. The molecule has 7 heteroatoms. The Labute approximate surface area is 140 Å². The lowest BCUT2D eigenvalue weighted by molar-refractivity contribution is 0.0771. The Hall–Kier alpha value is -1.49. The number of nitriles is 1. The standard InChI is InChI=1S/C15H19BrN4OSi/c1-22(2,3)9-8-21-11-20-15(16)13(10-17)14(19-20)12-4-6-18-7-5-12/h4-7H,8-9,11H2,1-3H3. The van der Waals surface area contributed by atoms with Crippen molar-refractivity contribution in [2.24, 2.45) is 0 Å². The molecule has 0 radical (unpaired) electrons. The third-order valence-corrected chi connectivity index (χ3v) is 5.68. The van der Waals surface area contributed by atoms with Gasteiger partial charge in [0.05, 0.1) is 0 Å². The first-order valence-corrected chi connectivity index (χ1v) is 11.6. The summed E-state index contributed by atoms with van der Waals surface area (Å²) in [6, 6.07) is 6.98. The van der Waals surface area contributed by atoms with Gasteiger partial charge in [0, 0.05) is 32.6 Å². The summed E-state index contributed by atoms with van der Waals surface area (Å²) in [6.45, 7) is 8.00. The van der Waals surface area contributed by atoms with Crippen LogP contribution in [0.2, 0.25) is 25.7 Å². The van der Waals surface area contributed by atoms with E-state index in [4.69, 9.17) is 4.74 Å². The van der Waals surface area contributed by atoms with E-state index in [-0.39, 0.29) is 0 Å². The van der Waals surface area contributed by atoms with Crippen molar-refractivity contribution in [3.05, 3.63) is 34.7 Å². The van der Waals surface area contributed by atoms with E-state index in [9.17, 15) is 5.26 Å². The van der Waals surface area contributed by atoms with E-state index in [1.807, 2.05) is 12.1 Å². The van der Waals surface area contributed by atoms with Crippen molar-refractivity contribution in [2.75, 3.05) is 6.61 Å². The molecule has 0 N–H and O–H groups in total. The van der Waals surface area contributed by atoms with E-state index in [2.05, 4.69) is 51.7 Å². The third kappa shape index (κ3) is 4.26. The van der Waals surface area contributed by atoms with Crippen LogP contribution >= 0.6 is 15.9 Å². The first kappa shape index (κ1) is 16.9. The average Bonchev–Trinajstić information content (AvgIpc) is 2.80. The molecule has 0 aromatic carbocycles. The summed E-state index contributed by atoms with van der Waals surface area (Å²) >= 11 is 3.44. The zero-order valence-electron chi connectivity index (χ0n) is 13.0. The lowest BCUT2D eigenvalue weighted by Gasteiger charge is -2.15. The van der Waals surface area contributed by atoms with E-state index >= 15 is 0 Å². The second-order valence-electron chi connectivity index (χ2n) is 6.21. The van der Waals surface area contributed by atoms with Crippen molar-refractivity contribution < 1.29 is 4.74 Å². The lowest BCUT2D eigenvalue weighted by Crippen LogP contribution is -2.22. The SMILES string of the molecule is C[Si](C)(C)CCOCn1nc(-c2ccncc2)c(C#N)c1Br. The van der Waals surface area contributed by atoms with Crippen LogP contribution in [0, 0.1) is 11.3 Å². The van der Waals surface area contributed by atoms with Crippen LogP contribution in [0.4, 0.5) is 0 Å². The van der Waals surface area contributed by atoms with E-state index in [0.29, 0.717) is 29.2 Å². The second kappa shape index (κ2) is 7.18. The van der Waals surface area contributed by atoms with E-state index < -0.39 is 8.07 Å². The molecule has 2 heterocycles. The molecule has 0 saturated carbocycles. The Bertz CT molecular complexity index is 673. The summed E-state index contributed by atoms with van der Waals surface area (Å²) in [4.78, 5) is 3.99. The minimum Gasteiger partial charge on any atom is -0.359 e. The van der Waals surface area contributed by atoms with Crippen molar-refractivity contribution in [3.63, 3.8) is 0 Å². The highest BCUT2D eigenvalue weighted by Gasteiger charge is 2.18. The van der Waals surface area contributed by atoms with Crippen LogP contribution in [0.3, 0.4) is 0 Å². The van der Waals surface area contributed by atoms with Crippen molar-refractivity contribution in [2.45, 2.75) is 32.4 Å². The fourth-order valence-electron chi connectivity index (χ4n) is 1.87. The summed E-state index contributed by atoms with van der Waals surface area (Å²) in [5, 5.41) is 13.9. The van der Waals surface area contributed by atoms with Crippen LogP contribution in [0.25, 0.3) is 11.3 Å². The molecule has 0 saturated heterocycles. The molecular formula is C15H19BrN4OSi. The van der Waals surface area contributed by atoms with E-state index in [1.54, 1.807) is 17.1 Å². The second-order valence-corrected chi connectivity index (χ2v) is 12.6. The van der Waals surface area contributed by atoms with Crippen LogP contribution in [0.15, 0.2) is 29.1 Å². The average molecular weight is 379 g/mol. The Balaban J connectivity index is 2.14. The highest BCUT2D eigenvalue weighted by Crippen LogP contribution is 2.28. The molecule has 0 bridgehead atoms. The van der Waals surface area contributed by atoms with Gasteiger partial charge in [-0.3, -0.25) is 4.98 Å². The molecule has 2 aromatic heterocycles. The van der Waals surface area contributed by atoms with Gasteiger partial charge in [0.15, 0.2) is 0 Å². The van der Waals surface area contributed by atoms with Gasteiger partial charge in [-0.15, -0.1) is 0 Å². The predicted octanol–water partition coefficient (Wildman–Crippen LogP) is 3.89.